The molecular formula is C15H21Br. The lowest BCUT2D eigenvalue weighted by Crippen LogP contribution is -1.77. The molecule has 1 heteroatoms. The smallest absolute Gasteiger partial charge is 0.0283 e. The van der Waals surface area contributed by atoms with Crippen molar-refractivity contribution in [2.24, 2.45) is 0 Å². The van der Waals surface area contributed by atoms with Gasteiger partial charge in [0.25, 0.3) is 0 Å². The van der Waals surface area contributed by atoms with E-state index in [-0.39, 0.29) is 0 Å². The third-order valence-corrected chi connectivity index (χ3v) is 3.32. The Morgan fingerprint density at radius 1 is 1.06 bits per heavy atom. The third kappa shape index (κ3) is 5.50. The first-order valence-corrected chi connectivity index (χ1v) is 7.30. The zero-order chi connectivity index (χ0) is 11.6. The van der Waals surface area contributed by atoms with Crippen LogP contribution in [-0.2, 0) is 5.33 Å². The molecule has 0 saturated carbocycles. The molecule has 16 heavy (non-hydrogen) atoms. The fraction of sp³-hybridized carbons (Fsp3) is 0.467. The van der Waals surface area contributed by atoms with E-state index in [4.69, 9.17) is 0 Å². The van der Waals surface area contributed by atoms with E-state index in [1.165, 1.54) is 43.2 Å². The van der Waals surface area contributed by atoms with Crippen molar-refractivity contribution in [3.8, 4) is 0 Å². The van der Waals surface area contributed by atoms with E-state index in [0.717, 1.165) is 5.33 Å². The van der Waals surface area contributed by atoms with Crippen LogP contribution in [0.3, 0.4) is 0 Å². The minimum absolute atomic E-state index is 0.939. The van der Waals surface area contributed by atoms with Gasteiger partial charge in [0.15, 0.2) is 0 Å². The van der Waals surface area contributed by atoms with Crippen LogP contribution in [-0.4, -0.2) is 0 Å². The molecule has 0 saturated heterocycles. The van der Waals surface area contributed by atoms with Gasteiger partial charge in [0.05, 0.1) is 0 Å². The summed E-state index contributed by atoms with van der Waals surface area (Å²) in [5, 5.41) is 0.939. The van der Waals surface area contributed by atoms with Gasteiger partial charge in [-0.25, -0.2) is 0 Å². The zero-order valence-corrected chi connectivity index (χ0v) is 11.7. The molecule has 0 aromatic heterocycles. The van der Waals surface area contributed by atoms with Crippen molar-refractivity contribution < 1.29 is 0 Å². The number of unbranched alkanes of at least 4 members (excludes halogenated alkanes) is 4. The van der Waals surface area contributed by atoms with Crippen LogP contribution in [0.2, 0.25) is 0 Å². The predicted molar refractivity (Wildman–Crippen MR) is 76.9 cm³/mol. The molecule has 0 unspecified atom stereocenters. The topological polar surface area (TPSA) is 0 Å². The maximum Gasteiger partial charge on any atom is 0.0283 e. The molecule has 1 aromatic carbocycles. The summed E-state index contributed by atoms with van der Waals surface area (Å²) in [6.07, 6.45) is 11.1. The highest BCUT2D eigenvalue weighted by Gasteiger charge is 1.89. The van der Waals surface area contributed by atoms with Gasteiger partial charge in [0.1, 0.15) is 0 Å². The van der Waals surface area contributed by atoms with Crippen molar-refractivity contribution in [2.75, 3.05) is 0 Å². The third-order valence-electron chi connectivity index (χ3n) is 2.67. The highest BCUT2D eigenvalue weighted by molar-refractivity contribution is 9.08. The number of hydrogen-bond acceptors (Lipinski definition) is 0. The largest absolute Gasteiger partial charge is 0.0876 e. The fourth-order valence-electron chi connectivity index (χ4n) is 1.63. The van der Waals surface area contributed by atoms with E-state index in [2.05, 4.69) is 59.3 Å². The van der Waals surface area contributed by atoms with Gasteiger partial charge in [-0.1, -0.05) is 78.5 Å². The highest BCUT2D eigenvalue weighted by Crippen LogP contribution is 2.10. The molecule has 0 aliphatic heterocycles. The minimum Gasteiger partial charge on any atom is -0.0876 e. The summed E-state index contributed by atoms with van der Waals surface area (Å²) in [7, 11) is 0. The monoisotopic (exact) mass is 280 g/mol. The predicted octanol–water partition coefficient (Wildman–Crippen LogP) is 5.57. The van der Waals surface area contributed by atoms with E-state index >= 15 is 0 Å². The van der Waals surface area contributed by atoms with Crippen molar-refractivity contribution in [3.63, 3.8) is 0 Å². The summed E-state index contributed by atoms with van der Waals surface area (Å²) in [6.45, 7) is 2.25. The number of rotatable bonds is 7. The molecule has 0 bridgehead atoms. The van der Waals surface area contributed by atoms with E-state index in [1.807, 2.05) is 0 Å². The van der Waals surface area contributed by atoms with Crippen LogP contribution in [0.25, 0.3) is 6.08 Å². The molecule has 0 aliphatic rings. The molecule has 0 radical (unpaired) electrons. The van der Waals surface area contributed by atoms with Gasteiger partial charge in [0, 0.05) is 5.33 Å². The molecule has 0 heterocycles. The number of benzene rings is 1. The maximum absolute atomic E-state index is 3.45. The van der Waals surface area contributed by atoms with Crippen LogP contribution in [0.15, 0.2) is 30.3 Å². The molecule has 0 nitrogen and oxygen atoms in total. The average Bonchev–Trinajstić information content (AvgIpc) is 2.34. The lowest BCUT2D eigenvalue weighted by atomic mass is 10.1. The van der Waals surface area contributed by atoms with Gasteiger partial charge in [-0.3, -0.25) is 0 Å². The number of halogens is 1. The lowest BCUT2D eigenvalue weighted by molar-refractivity contribution is 0.675. The summed E-state index contributed by atoms with van der Waals surface area (Å²) in [5.41, 5.74) is 2.64. The molecule has 1 rings (SSSR count). The molecule has 0 N–H and O–H groups in total. The SMILES string of the molecule is CCCCCCC=Cc1ccc(CBr)cc1. The highest BCUT2D eigenvalue weighted by atomic mass is 79.9. The Morgan fingerprint density at radius 3 is 2.44 bits per heavy atom. The second kappa shape index (κ2) is 8.58. The minimum atomic E-state index is 0.939. The van der Waals surface area contributed by atoms with Gasteiger partial charge in [-0.15, -0.1) is 0 Å². The zero-order valence-electron chi connectivity index (χ0n) is 10.1. The first kappa shape index (κ1) is 13.5. The van der Waals surface area contributed by atoms with Crippen LogP contribution in [0.4, 0.5) is 0 Å². The second-order valence-electron chi connectivity index (χ2n) is 4.13. The maximum atomic E-state index is 3.45. The van der Waals surface area contributed by atoms with Crippen molar-refractivity contribution >= 4 is 22.0 Å². The molecule has 1 aromatic rings. The molecular weight excluding hydrogens is 260 g/mol. The summed E-state index contributed by atoms with van der Waals surface area (Å²) >= 11 is 3.45. The summed E-state index contributed by atoms with van der Waals surface area (Å²) in [6, 6.07) is 8.70. The molecule has 0 aliphatic carbocycles. The Kier molecular flexibility index (Phi) is 7.24. The quantitative estimate of drug-likeness (QED) is 0.453. The summed E-state index contributed by atoms with van der Waals surface area (Å²) < 4.78 is 0. The van der Waals surface area contributed by atoms with E-state index in [9.17, 15) is 0 Å². The van der Waals surface area contributed by atoms with Gasteiger partial charge in [0.2, 0.25) is 0 Å². The van der Waals surface area contributed by atoms with Crippen LogP contribution in [0.5, 0.6) is 0 Å². The first-order valence-electron chi connectivity index (χ1n) is 6.18. The number of allylic oxidation sites excluding steroid dienone is 1. The van der Waals surface area contributed by atoms with Crippen LogP contribution < -0.4 is 0 Å². The lowest BCUT2D eigenvalue weighted by Gasteiger charge is -1.97. The van der Waals surface area contributed by atoms with E-state index in [1.54, 1.807) is 0 Å². The molecule has 0 amide bonds. The van der Waals surface area contributed by atoms with Crippen molar-refractivity contribution in [3.05, 3.63) is 41.5 Å². The number of alkyl halides is 1. The molecule has 0 fully saturated rings. The van der Waals surface area contributed by atoms with Crippen LogP contribution in [0, 0.1) is 0 Å². The van der Waals surface area contributed by atoms with Crippen molar-refractivity contribution in [1.29, 1.82) is 0 Å². The van der Waals surface area contributed by atoms with Crippen LogP contribution in [0.1, 0.15) is 50.2 Å². The summed E-state index contributed by atoms with van der Waals surface area (Å²) in [4.78, 5) is 0. The second-order valence-corrected chi connectivity index (χ2v) is 4.69. The first-order chi connectivity index (χ1) is 7.86. The summed E-state index contributed by atoms with van der Waals surface area (Å²) in [5.74, 6) is 0. The Morgan fingerprint density at radius 2 is 1.81 bits per heavy atom. The average molecular weight is 281 g/mol. The fourth-order valence-corrected chi connectivity index (χ4v) is 2.00. The van der Waals surface area contributed by atoms with Gasteiger partial charge < -0.3 is 0 Å². The van der Waals surface area contributed by atoms with Gasteiger partial charge in [-0.05, 0) is 24.0 Å². The van der Waals surface area contributed by atoms with Crippen LogP contribution >= 0.6 is 15.9 Å². The van der Waals surface area contributed by atoms with E-state index < -0.39 is 0 Å². The van der Waals surface area contributed by atoms with E-state index in [0.29, 0.717) is 0 Å². The van der Waals surface area contributed by atoms with Gasteiger partial charge >= 0.3 is 0 Å². The van der Waals surface area contributed by atoms with Crippen molar-refractivity contribution in [1.82, 2.24) is 0 Å². The standard InChI is InChI=1S/C15H21Br/c1-2-3-4-5-6-7-8-14-9-11-15(13-16)12-10-14/h7-12H,2-6,13H2,1H3. The van der Waals surface area contributed by atoms with Gasteiger partial charge in [-0.2, -0.15) is 0 Å². The Hall–Kier alpha value is -0.560. The Labute approximate surface area is 108 Å². The molecule has 0 spiro atoms. The molecule has 88 valence electrons. The molecule has 0 atom stereocenters. The Bertz CT molecular complexity index is 298. The Balaban J connectivity index is 2.27. The normalized spacial score (nSPS) is 11.1. The van der Waals surface area contributed by atoms with Crippen molar-refractivity contribution in [2.45, 2.75) is 44.4 Å². The number of hydrogen-bond donors (Lipinski definition) is 0.